The zero-order valence-corrected chi connectivity index (χ0v) is 24.7. The number of halogens is 4. The summed E-state index contributed by atoms with van der Waals surface area (Å²) in [5, 5.41) is 28.1. The van der Waals surface area contributed by atoms with Crippen molar-refractivity contribution >= 4 is 33.6 Å². The first-order valence-electron chi connectivity index (χ1n) is 13.0. The SMILES string of the molecule is CCO[C@@H](Cn1cc(-c2cc(F)c(F)c(F)c2)nn1)C(OC(CO)[C@@H](C)O)Sc1cc(Br)ccc1C(=O)N1CCC1. The van der Waals surface area contributed by atoms with Crippen LogP contribution >= 0.6 is 27.7 Å². The molecule has 1 aliphatic heterocycles. The Labute approximate surface area is 247 Å². The Morgan fingerprint density at radius 2 is 1.88 bits per heavy atom. The van der Waals surface area contributed by atoms with Crippen LogP contribution in [0.5, 0.6) is 0 Å². The summed E-state index contributed by atoms with van der Waals surface area (Å²) in [7, 11) is 0. The van der Waals surface area contributed by atoms with E-state index in [-0.39, 0.29) is 30.3 Å². The minimum absolute atomic E-state index is 0.000481. The van der Waals surface area contributed by atoms with Gasteiger partial charge in [-0.3, -0.25) is 4.79 Å². The predicted octanol–water partition coefficient (Wildman–Crippen LogP) is 4.25. The lowest BCUT2D eigenvalue weighted by molar-refractivity contribution is -0.111. The summed E-state index contributed by atoms with van der Waals surface area (Å²) in [6.07, 6.45) is -0.368. The average Bonchev–Trinajstić information content (AvgIpc) is 3.36. The van der Waals surface area contributed by atoms with Crippen molar-refractivity contribution in [3.05, 3.63) is 64.0 Å². The molecule has 1 aliphatic rings. The lowest BCUT2D eigenvalue weighted by atomic mass is 10.1. The second kappa shape index (κ2) is 14.1. The van der Waals surface area contributed by atoms with E-state index < -0.39 is 47.8 Å². The lowest BCUT2D eigenvalue weighted by Gasteiger charge is -2.33. The van der Waals surface area contributed by atoms with E-state index in [1.54, 1.807) is 30.0 Å². The highest BCUT2D eigenvalue weighted by Crippen LogP contribution is 2.35. The van der Waals surface area contributed by atoms with Crippen LogP contribution in [0.4, 0.5) is 13.2 Å². The van der Waals surface area contributed by atoms with Gasteiger partial charge in [-0.05, 0) is 50.6 Å². The Bertz CT molecular complexity index is 1340. The van der Waals surface area contributed by atoms with E-state index >= 15 is 0 Å². The number of carbonyl (C=O) groups is 1. The topological polar surface area (TPSA) is 110 Å². The van der Waals surface area contributed by atoms with Gasteiger partial charge in [0.05, 0.1) is 31.0 Å². The van der Waals surface area contributed by atoms with Gasteiger partial charge in [0.2, 0.25) is 0 Å². The number of rotatable bonds is 13. The fourth-order valence-electron chi connectivity index (χ4n) is 4.10. The number of ether oxygens (including phenoxy) is 2. The molecule has 1 aromatic heterocycles. The zero-order chi connectivity index (χ0) is 29.7. The minimum atomic E-state index is -1.58. The largest absolute Gasteiger partial charge is 0.394 e. The molecule has 2 aromatic carbocycles. The van der Waals surface area contributed by atoms with Crippen LogP contribution in [0.3, 0.4) is 0 Å². The Kier molecular flexibility index (Phi) is 10.8. The van der Waals surface area contributed by atoms with Crippen LogP contribution in [0.15, 0.2) is 45.9 Å². The third-order valence-electron chi connectivity index (χ3n) is 6.46. The molecule has 2 N–H and O–H groups in total. The van der Waals surface area contributed by atoms with Gasteiger partial charge in [-0.15, -0.1) is 5.10 Å². The van der Waals surface area contributed by atoms with E-state index in [0.717, 1.165) is 23.0 Å². The first kappa shape index (κ1) is 31.4. The maximum atomic E-state index is 13.8. The Morgan fingerprint density at radius 1 is 1.17 bits per heavy atom. The minimum Gasteiger partial charge on any atom is -0.394 e. The maximum Gasteiger partial charge on any atom is 0.254 e. The van der Waals surface area contributed by atoms with Gasteiger partial charge in [0.15, 0.2) is 17.5 Å². The first-order chi connectivity index (χ1) is 19.6. The van der Waals surface area contributed by atoms with Crippen molar-refractivity contribution in [2.75, 3.05) is 26.3 Å². The summed E-state index contributed by atoms with van der Waals surface area (Å²) < 4.78 is 55.3. The molecule has 9 nitrogen and oxygen atoms in total. The fraction of sp³-hybridized carbons (Fsp3) is 0.444. The summed E-state index contributed by atoms with van der Waals surface area (Å²) in [4.78, 5) is 15.5. The second-order valence-corrected chi connectivity index (χ2v) is 11.5. The number of amides is 1. The molecule has 1 fully saturated rings. The van der Waals surface area contributed by atoms with Crippen molar-refractivity contribution in [2.45, 2.75) is 55.5 Å². The molecule has 222 valence electrons. The molecule has 0 bridgehead atoms. The van der Waals surface area contributed by atoms with E-state index in [9.17, 15) is 28.2 Å². The van der Waals surface area contributed by atoms with Crippen LogP contribution in [0, 0.1) is 17.5 Å². The molecule has 0 radical (unpaired) electrons. The highest BCUT2D eigenvalue weighted by atomic mass is 79.9. The predicted molar refractivity (Wildman–Crippen MR) is 149 cm³/mol. The van der Waals surface area contributed by atoms with Gasteiger partial charge in [-0.2, -0.15) is 0 Å². The van der Waals surface area contributed by atoms with Crippen molar-refractivity contribution in [1.29, 1.82) is 0 Å². The first-order valence-corrected chi connectivity index (χ1v) is 14.6. The van der Waals surface area contributed by atoms with E-state index in [2.05, 4.69) is 26.2 Å². The standard InChI is InChI=1S/C27H30BrF3N4O5S/c1-3-39-22(13-35-12-21(32-33-35)16-9-19(29)25(31)20(30)10-16)27(40-23(14-36)15(2)37)41-24-11-17(28)5-6-18(24)26(38)34-7-4-8-34/h5-6,9-12,15,22-23,27,36-37H,3-4,7-8,13-14H2,1-2H3/t15-,22+,23?,27?/m1/s1. The van der Waals surface area contributed by atoms with E-state index in [1.807, 2.05) is 0 Å². The number of hydrogen-bond acceptors (Lipinski definition) is 8. The molecule has 1 amide bonds. The molecule has 14 heteroatoms. The molecule has 0 aliphatic carbocycles. The molecule has 4 atom stereocenters. The Hall–Kier alpha value is -2.49. The molecule has 2 heterocycles. The molecule has 2 unspecified atom stereocenters. The van der Waals surface area contributed by atoms with Crippen LogP contribution in [0.2, 0.25) is 0 Å². The highest BCUT2D eigenvalue weighted by Gasteiger charge is 2.32. The molecule has 4 rings (SSSR count). The quantitative estimate of drug-likeness (QED) is 0.159. The summed E-state index contributed by atoms with van der Waals surface area (Å²) >= 11 is 4.66. The van der Waals surface area contributed by atoms with E-state index in [1.165, 1.54) is 29.6 Å². The highest BCUT2D eigenvalue weighted by molar-refractivity contribution is 9.10. The van der Waals surface area contributed by atoms with Gasteiger partial charge in [-0.1, -0.05) is 32.9 Å². The van der Waals surface area contributed by atoms with Crippen LogP contribution in [0.25, 0.3) is 11.3 Å². The molecular formula is C27H30BrF3N4O5S. The number of likely N-dealkylation sites (tertiary alicyclic amines) is 1. The van der Waals surface area contributed by atoms with Crippen molar-refractivity contribution < 1.29 is 37.7 Å². The fourth-order valence-corrected chi connectivity index (χ4v) is 5.85. The molecule has 3 aromatic rings. The molecular weight excluding hydrogens is 629 g/mol. The Balaban J connectivity index is 1.65. The molecule has 41 heavy (non-hydrogen) atoms. The number of thioether (sulfide) groups is 1. The average molecular weight is 660 g/mol. The van der Waals surface area contributed by atoms with Gasteiger partial charge in [0.1, 0.15) is 23.3 Å². The number of aliphatic hydroxyl groups is 2. The zero-order valence-electron chi connectivity index (χ0n) is 22.3. The summed E-state index contributed by atoms with van der Waals surface area (Å²) in [5.74, 6) is -4.40. The monoisotopic (exact) mass is 658 g/mol. The van der Waals surface area contributed by atoms with Gasteiger partial charge in [0.25, 0.3) is 5.91 Å². The Morgan fingerprint density at radius 3 is 2.46 bits per heavy atom. The number of benzene rings is 2. The van der Waals surface area contributed by atoms with Gasteiger partial charge < -0.3 is 24.6 Å². The van der Waals surface area contributed by atoms with E-state index in [4.69, 9.17) is 9.47 Å². The number of hydrogen-bond donors (Lipinski definition) is 2. The van der Waals surface area contributed by atoms with Crippen LogP contribution < -0.4 is 0 Å². The second-order valence-electron chi connectivity index (χ2n) is 9.44. The van der Waals surface area contributed by atoms with Crippen LogP contribution in [-0.2, 0) is 16.0 Å². The number of aliphatic hydroxyl groups excluding tert-OH is 2. The lowest BCUT2D eigenvalue weighted by Crippen LogP contribution is -2.42. The van der Waals surface area contributed by atoms with Crippen molar-refractivity contribution in [3.63, 3.8) is 0 Å². The van der Waals surface area contributed by atoms with E-state index in [0.29, 0.717) is 23.5 Å². The summed E-state index contributed by atoms with van der Waals surface area (Å²) in [6.45, 7) is 4.45. The molecule has 0 saturated carbocycles. The number of carbonyl (C=O) groups excluding carboxylic acids is 1. The smallest absolute Gasteiger partial charge is 0.254 e. The van der Waals surface area contributed by atoms with Crippen molar-refractivity contribution in [1.82, 2.24) is 19.9 Å². The maximum absolute atomic E-state index is 13.8. The third-order valence-corrected chi connectivity index (χ3v) is 8.19. The number of nitrogens with zero attached hydrogens (tertiary/aromatic N) is 4. The molecule has 1 saturated heterocycles. The summed E-state index contributed by atoms with van der Waals surface area (Å²) in [5.41, 5.74) is -0.273. The van der Waals surface area contributed by atoms with Gasteiger partial charge >= 0.3 is 0 Å². The normalized spacial score (nSPS) is 16.2. The number of aromatic nitrogens is 3. The van der Waals surface area contributed by atoms with Crippen LogP contribution in [-0.4, -0.2) is 86.1 Å². The van der Waals surface area contributed by atoms with Gasteiger partial charge in [-0.25, -0.2) is 17.9 Å². The van der Waals surface area contributed by atoms with Crippen LogP contribution in [0.1, 0.15) is 30.6 Å². The van der Waals surface area contributed by atoms with Crippen molar-refractivity contribution in [3.8, 4) is 11.3 Å². The van der Waals surface area contributed by atoms with Gasteiger partial charge in [0, 0.05) is 34.6 Å². The summed E-state index contributed by atoms with van der Waals surface area (Å²) in [6, 6.07) is 6.94. The third kappa shape index (κ3) is 7.67. The van der Waals surface area contributed by atoms with Crippen molar-refractivity contribution in [2.24, 2.45) is 0 Å². The molecule has 0 spiro atoms.